The first-order chi connectivity index (χ1) is 4.26. The minimum absolute atomic E-state index is 0.301. The smallest absolute Gasteiger partial charge is 0.311 e. The number of piperidine rings is 1. The summed E-state index contributed by atoms with van der Waals surface area (Å²) in [5, 5.41) is 11.8. The van der Waals surface area contributed by atoms with Gasteiger partial charge in [0.2, 0.25) is 0 Å². The van der Waals surface area contributed by atoms with Gasteiger partial charge < -0.3 is 10.4 Å². The van der Waals surface area contributed by atoms with Crippen LogP contribution in [0, 0.1) is 5.41 Å². The molecule has 0 amide bonds. The van der Waals surface area contributed by atoms with E-state index in [1.54, 1.807) is 0 Å². The normalized spacial score (nSPS) is 46.4. The van der Waals surface area contributed by atoms with Gasteiger partial charge in [-0.2, -0.15) is 0 Å². The molecule has 0 unspecified atom stereocenters. The molecule has 0 radical (unpaired) electrons. The highest BCUT2D eigenvalue weighted by Gasteiger charge is 2.62. The highest BCUT2D eigenvalue weighted by atomic mass is 16.4. The van der Waals surface area contributed by atoms with E-state index in [-0.39, 0.29) is 5.41 Å². The zero-order valence-electron chi connectivity index (χ0n) is 5.05. The number of fused-ring (bicyclic) bond motifs is 1. The predicted octanol–water partition coefficient (Wildman–Crippen LogP) is -0.177. The third-order valence-electron chi connectivity index (χ3n) is 2.46. The minimum Gasteiger partial charge on any atom is -0.481 e. The van der Waals surface area contributed by atoms with Crippen molar-refractivity contribution >= 4 is 5.97 Å². The number of carboxylic acids is 1. The van der Waals surface area contributed by atoms with Crippen LogP contribution in [0.5, 0.6) is 0 Å². The highest BCUT2D eigenvalue weighted by Crippen LogP contribution is 2.52. The van der Waals surface area contributed by atoms with Gasteiger partial charge in [0, 0.05) is 6.04 Å². The lowest BCUT2D eigenvalue weighted by atomic mass is 10.1. The lowest BCUT2D eigenvalue weighted by Gasteiger charge is -2.00. The van der Waals surface area contributed by atoms with Crippen LogP contribution < -0.4 is 5.32 Å². The average Bonchev–Trinajstić information content (AvgIpc) is 2.38. The van der Waals surface area contributed by atoms with Crippen LogP contribution in [0.15, 0.2) is 0 Å². The zero-order chi connectivity index (χ0) is 6.48. The number of carboxylic acid groups (broad SMARTS) is 1. The highest BCUT2D eigenvalue weighted by molar-refractivity contribution is 5.80. The second kappa shape index (κ2) is 1.29. The van der Waals surface area contributed by atoms with E-state index in [4.69, 9.17) is 5.11 Å². The fraction of sp³-hybridized carbons (Fsp3) is 0.833. The quantitative estimate of drug-likeness (QED) is 0.514. The Bertz CT molecular complexity index is 168. The molecule has 0 aromatic rings. The van der Waals surface area contributed by atoms with Crippen molar-refractivity contribution in [2.24, 2.45) is 5.41 Å². The molecule has 1 aliphatic heterocycles. The first-order valence-corrected chi connectivity index (χ1v) is 3.22. The molecular weight excluding hydrogens is 118 g/mol. The van der Waals surface area contributed by atoms with Crippen molar-refractivity contribution in [3.63, 3.8) is 0 Å². The van der Waals surface area contributed by atoms with E-state index in [0.29, 0.717) is 6.04 Å². The van der Waals surface area contributed by atoms with Crippen LogP contribution in [-0.2, 0) is 4.79 Å². The zero-order valence-corrected chi connectivity index (χ0v) is 5.05. The largest absolute Gasteiger partial charge is 0.481 e. The Morgan fingerprint density at radius 3 is 2.78 bits per heavy atom. The molecule has 1 aliphatic carbocycles. The van der Waals surface area contributed by atoms with Crippen molar-refractivity contribution in [1.29, 1.82) is 0 Å². The number of rotatable bonds is 1. The molecule has 3 heteroatoms. The lowest BCUT2D eigenvalue weighted by molar-refractivity contribution is -0.143. The Labute approximate surface area is 53.1 Å². The van der Waals surface area contributed by atoms with Gasteiger partial charge in [0.25, 0.3) is 0 Å². The van der Waals surface area contributed by atoms with Crippen LogP contribution in [0.3, 0.4) is 0 Å². The van der Waals surface area contributed by atoms with E-state index in [1.165, 1.54) is 0 Å². The molecule has 50 valence electrons. The van der Waals surface area contributed by atoms with Crippen LogP contribution in [0.4, 0.5) is 0 Å². The fourth-order valence-corrected chi connectivity index (χ4v) is 1.66. The van der Waals surface area contributed by atoms with Gasteiger partial charge >= 0.3 is 5.97 Å². The molecule has 1 saturated carbocycles. The molecule has 0 bridgehead atoms. The first-order valence-electron chi connectivity index (χ1n) is 3.22. The molecular formula is C6H9NO2. The van der Waals surface area contributed by atoms with E-state index in [2.05, 4.69) is 5.32 Å². The first kappa shape index (κ1) is 5.23. The van der Waals surface area contributed by atoms with Crippen LogP contribution in [0.1, 0.15) is 12.8 Å². The number of hydrogen-bond donors (Lipinski definition) is 2. The summed E-state index contributed by atoms with van der Waals surface area (Å²) in [4.78, 5) is 10.5. The summed E-state index contributed by atoms with van der Waals surface area (Å²) >= 11 is 0. The minimum atomic E-state index is -0.613. The summed E-state index contributed by atoms with van der Waals surface area (Å²) in [5.74, 6) is -0.613. The maximum Gasteiger partial charge on any atom is 0.311 e. The van der Waals surface area contributed by atoms with Gasteiger partial charge in [0.05, 0.1) is 5.41 Å². The lowest BCUT2D eigenvalue weighted by Crippen LogP contribution is -2.16. The van der Waals surface area contributed by atoms with Gasteiger partial charge in [-0.05, 0) is 19.4 Å². The molecule has 1 heterocycles. The average molecular weight is 127 g/mol. The summed E-state index contributed by atoms with van der Waals surface area (Å²) in [7, 11) is 0. The third-order valence-corrected chi connectivity index (χ3v) is 2.46. The van der Waals surface area contributed by atoms with Crippen molar-refractivity contribution in [2.75, 3.05) is 6.54 Å². The summed E-state index contributed by atoms with van der Waals surface area (Å²) < 4.78 is 0. The fourth-order valence-electron chi connectivity index (χ4n) is 1.66. The second-order valence-corrected chi connectivity index (χ2v) is 2.92. The number of aliphatic carboxylic acids is 1. The van der Waals surface area contributed by atoms with Crippen LogP contribution in [0.25, 0.3) is 0 Å². The topological polar surface area (TPSA) is 49.3 Å². The Morgan fingerprint density at radius 2 is 2.56 bits per heavy atom. The number of carbonyl (C=O) groups is 1. The van der Waals surface area contributed by atoms with Crippen LogP contribution in [-0.4, -0.2) is 23.7 Å². The SMILES string of the molecule is O=C(O)[C@@]12CCN[C@@H]1C2. The monoisotopic (exact) mass is 127 g/mol. The van der Waals surface area contributed by atoms with Crippen molar-refractivity contribution in [3.8, 4) is 0 Å². The van der Waals surface area contributed by atoms with Gasteiger partial charge in [-0.1, -0.05) is 0 Å². The Kier molecular flexibility index (Phi) is 0.750. The van der Waals surface area contributed by atoms with Gasteiger partial charge in [-0.15, -0.1) is 0 Å². The van der Waals surface area contributed by atoms with Crippen molar-refractivity contribution in [2.45, 2.75) is 18.9 Å². The molecule has 2 aliphatic rings. The Morgan fingerprint density at radius 1 is 1.78 bits per heavy atom. The van der Waals surface area contributed by atoms with E-state index in [0.717, 1.165) is 19.4 Å². The van der Waals surface area contributed by atoms with Crippen LogP contribution >= 0.6 is 0 Å². The standard InChI is InChI=1S/C6H9NO2/c8-5(9)6-1-2-7-4(6)3-6/h4,7H,1-3H2,(H,8,9)/t4-,6-/m1/s1. The molecule has 0 spiro atoms. The van der Waals surface area contributed by atoms with Crippen molar-refractivity contribution < 1.29 is 9.90 Å². The molecule has 1 saturated heterocycles. The molecule has 2 rings (SSSR count). The van der Waals surface area contributed by atoms with Crippen molar-refractivity contribution in [1.82, 2.24) is 5.32 Å². The maximum absolute atomic E-state index is 10.5. The summed E-state index contributed by atoms with van der Waals surface area (Å²) in [6.45, 7) is 0.886. The summed E-state index contributed by atoms with van der Waals surface area (Å²) in [5.41, 5.74) is -0.333. The molecule has 9 heavy (non-hydrogen) atoms. The van der Waals surface area contributed by atoms with Crippen LogP contribution in [0.2, 0.25) is 0 Å². The molecule has 0 aromatic heterocycles. The van der Waals surface area contributed by atoms with Gasteiger partial charge in [0.15, 0.2) is 0 Å². The second-order valence-electron chi connectivity index (χ2n) is 2.92. The summed E-state index contributed by atoms with van der Waals surface area (Å²) in [6, 6.07) is 0.301. The number of nitrogens with one attached hydrogen (secondary N) is 1. The molecule has 2 fully saturated rings. The number of hydrogen-bond acceptors (Lipinski definition) is 2. The van der Waals surface area contributed by atoms with Crippen molar-refractivity contribution in [3.05, 3.63) is 0 Å². The Balaban J connectivity index is 2.19. The molecule has 2 atom stereocenters. The molecule has 3 nitrogen and oxygen atoms in total. The van der Waals surface area contributed by atoms with Gasteiger partial charge in [0.1, 0.15) is 0 Å². The third kappa shape index (κ3) is 0.477. The van der Waals surface area contributed by atoms with Gasteiger partial charge in [-0.3, -0.25) is 4.79 Å². The van der Waals surface area contributed by atoms with E-state index >= 15 is 0 Å². The molecule has 2 N–H and O–H groups in total. The van der Waals surface area contributed by atoms with E-state index in [1.807, 2.05) is 0 Å². The van der Waals surface area contributed by atoms with E-state index in [9.17, 15) is 4.79 Å². The van der Waals surface area contributed by atoms with E-state index < -0.39 is 5.97 Å². The summed E-state index contributed by atoms with van der Waals surface area (Å²) in [6.07, 6.45) is 1.68. The molecule has 0 aromatic carbocycles. The maximum atomic E-state index is 10.5. The predicted molar refractivity (Wildman–Crippen MR) is 31.1 cm³/mol. The Hall–Kier alpha value is -0.570. The van der Waals surface area contributed by atoms with Gasteiger partial charge in [-0.25, -0.2) is 0 Å².